The summed E-state index contributed by atoms with van der Waals surface area (Å²) in [5.41, 5.74) is 5.88. The Hall–Kier alpha value is -1.63. The standard InChI is InChI=1S/C15H18ClN3O2S/c1-2-10(21-13-6-4-3-5-11(13)16)8-18-15(20)12-9-22-14(7-17)19-12/h3-6,9-10H,2,7-8,17H2,1H3,(H,18,20). The van der Waals surface area contributed by atoms with Gasteiger partial charge in [0.25, 0.3) is 5.91 Å². The molecule has 0 aliphatic rings. The van der Waals surface area contributed by atoms with Gasteiger partial charge >= 0.3 is 0 Å². The molecule has 22 heavy (non-hydrogen) atoms. The molecule has 1 aromatic heterocycles. The Balaban J connectivity index is 1.90. The Bertz CT molecular complexity index is 633. The largest absolute Gasteiger partial charge is 0.487 e. The van der Waals surface area contributed by atoms with Crippen LogP contribution < -0.4 is 15.8 Å². The van der Waals surface area contributed by atoms with Gasteiger partial charge in [-0.15, -0.1) is 11.3 Å². The molecule has 1 amide bonds. The number of thiazole rings is 1. The van der Waals surface area contributed by atoms with E-state index < -0.39 is 0 Å². The van der Waals surface area contributed by atoms with Gasteiger partial charge in [-0.05, 0) is 18.6 Å². The number of carbonyl (C=O) groups excluding carboxylic acids is 1. The first-order valence-corrected chi connectivity index (χ1v) is 8.23. The number of para-hydroxylation sites is 1. The second-order valence-corrected chi connectivity index (χ2v) is 5.97. The minimum Gasteiger partial charge on any atom is -0.487 e. The number of benzene rings is 1. The van der Waals surface area contributed by atoms with Crippen LogP contribution in [-0.4, -0.2) is 23.5 Å². The van der Waals surface area contributed by atoms with Gasteiger partial charge in [-0.25, -0.2) is 4.98 Å². The molecule has 118 valence electrons. The molecule has 0 spiro atoms. The molecule has 1 heterocycles. The number of nitrogens with one attached hydrogen (secondary N) is 1. The summed E-state index contributed by atoms with van der Waals surface area (Å²) in [6.07, 6.45) is 0.591. The van der Waals surface area contributed by atoms with E-state index in [1.807, 2.05) is 19.1 Å². The summed E-state index contributed by atoms with van der Waals surface area (Å²) >= 11 is 7.45. The molecule has 0 aliphatic carbocycles. The molecule has 1 atom stereocenters. The van der Waals surface area contributed by atoms with Crippen LogP contribution in [0.25, 0.3) is 0 Å². The molecule has 3 N–H and O–H groups in total. The number of amides is 1. The van der Waals surface area contributed by atoms with E-state index in [4.69, 9.17) is 22.1 Å². The maximum Gasteiger partial charge on any atom is 0.270 e. The average Bonchev–Trinajstić information content (AvgIpc) is 3.02. The van der Waals surface area contributed by atoms with Gasteiger partial charge in [-0.2, -0.15) is 0 Å². The highest BCUT2D eigenvalue weighted by atomic mass is 35.5. The number of ether oxygens (including phenoxy) is 1. The van der Waals surface area contributed by atoms with Crippen molar-refractivity contribution >= 4 is 28.8 Å². The molecular weight excluding hydrogens is 322 g/mol. The molecule has 2 aromatic rings. The van der Waals surface area contributed by atoms with Gasteiger partial charge < -0.3 is 15.8 Å². The van der Waals surface area contributed by atoms with Gasteiger partial charge in [0.1, 0.15) is 22.6 Å². The van der Waals surface area contributed by atoms with E-state index in [0.29, 0.717) is 29.6 Å². The van der Waals surface area contributed by atoms with Crippen molar-refractivity contribution in [3.8, 4) is 5.75 Å². The molecule has 0 aliphatic heterocycles. The van der Waals surface area contributed by atoms with E-state index in [0.717, 1.165) is 11.4 Å². The molecule has 0 saturated carbocycles. The Morgan fingerprint density at radius 1 is 1.50 bits per heavy atom. The van der Waals surface area contributed by atoms with Crippen molar-refractivity contribution in [3.63, 3.8) is 0 Å². The maximum absolute atomic E-state index is 12.0. The number of rotatable bonds is 7. The molecule has 1 unspecified atom stereocenters. The second kappa shape index (κ2) is 8.12. The van der Waals surface area contributed by atoms with Crippen molar-refractivity contribution in [1.29, 1.82) is 0 Å². The predicted molar refractivity (Wildman–Crippen MR) is 88.5 cm³/mol. The van der Waals surface area contributed by atoms with Crippen molar-refractivity contribution in [3.05, 3.63) is 45.4 Å². The lowest BCUT2D eigenvalue weighted by Gasteiger charge is -2.18. The predicted octanol–water partition coefficient (Wildman–Crippen LogP) is 2.84. The monoisotopic (exact) mass is 339 g/mol. The van der Waals surface area contributed by atoms with Gasteiger partial charge in [0.2, 0.25) is 0 Å². The number of halogens is 1. The summed E-state index contributed by atoms with van der Waals surface area (Å²) in [6.45, 7) is 2.71. The van der Waals surface area contributed by atoms with Crippen molar-refractivity contribution in [2.24, 2.45) is 5.73 Å². The zero-order valence-corrected chi connectivity index (χ0v) is 13.8. The quantitative estimate of drug-likeness (QED) is 0.813. The Labute approximate surface area is 138 Å². The molecule has 0 saturated heterocycles. The second-order valence-electron chi connectivity index (χ2n) is 4.62. The molecular formula is C15H18ClN3O2S. The van der Waals surface area contributed by atoms with Gasteiger partial charge in [-0.3, -0.25) is 4.79 Å². The zero-order valence-electron chi connectivity index (χ0n) is 12.2. The first kappa shape index (κ1) is 16.7. The Kier molecular flexibility index (Phi) is 6.18. The molecule has 0 radical (unpaired) electrons. The van der Waals surface area contributed by atoms with Crippen molar-refractivity contribution in [2.45, 2.75) is 26.0 Å². The van der Waals surface area contributed by atoms with E-state index in [2.05, 4.69) is 10.3 Å². The fourth-order valence-electron chi connectivity index (χ4n) is 1.80. The fraction of sp³-hybridized carbons (Fsp3) is 0.333. The third-order valence-electron chi connectivity index (χ3n) is 3.03. The number of carbonyl (C=O) groups is 1. The van der Waals surface area contributed by atoms with Gasteiger partial charge in [0.05, 0.1) is 11.6 Å². The first-order chi connectivity index (χ1) is 10.6. The molecule has 5 nitrogen and oxygen atoms in total. The van der Waals surface area contributed by atoms with Crippen LogP contribution in [0.5, 0.6) is 5.75 Å². The molecule has 0 bridgehead atoms. The van der Waals surface area contributed by atoms with Crippen LogP contribution in [0.15, 0.2) is 29.6 Å². The van der Waals surface area contributed by atoms with Crippen LogP contribution in [0.3, 0.4) is 0 Å². The van der Waals surface area contributed by atoms with Crippen molar-refractivity contribution in [2.75, 3.05) is 6.54 Å². The third kappa shape index (κ3) is 4.43. The lowest BCUT2D eigenvalue weighted by molar-refractivity contribution is 0.0921. The number of nitrogens with two attached hydrogens (primary N) is 1. The highest BCUT2D eigenvalue weighted by molar-refractivity contribution is 7.09. The summed E-state index contributed by atoms with van der Waals surface area (Å²) < 4.78 is 5.82. The van der Waals surface area contributed by atoms with E-state index in [1.54, 1.807) is 17.5 Å². The normalized spacial score (nSPS) is 12.0. The van der Waals surface area contributed by atoms with Crippen LogP contribution in [-0.2, 0) is 6.54 Å². The maximum atomic E-state index is 12.0. The van der Waals surface area contributed by atoms with Crippen LogP contribution in [0.1, 0.15) is 28.8 Å². The number of hydrogen-bond acceptors (Lipinski definition) is 5. The van der Waals surface area contributed by atoms with Gasteiger partial charge in [0, 0.05) is 11.9 Å². The minimum absolute atomic E-state index is 0.156. The zero-order chi connectivity index (χ0) is 15.9. The number of nitrogens with zero attached hydrogens (tertiary/aromatic N) is 1. The topological polar surface area (TPSA) is 77.2 Å². The summed E-state index contributed by atoms with van der Waals surface area (Å²) in [4.78, 5) is 16.2. The number of aromatic nitrogens is 1. The molecule has 1 aromatic carbocycles. The highest BCUT2D eigenvalue weighted by Gasteiger charge is 2.14. The summed E-state index contributed by atoms with van der Waals surface area (Å²) in [5, 5.41) is 5.82. The summed E-state index contributed by atoms with van der Waals surface area (Å²) in [6, 6.07) is 7.28. The van der Waals surface area contributed by atoms with Gasteiger partial charge in [0.15, 0.2) is 0 Å². The van der Waals surface area contributed by atoms with Crippen molar-refractivity contribution in [1.82, 2.24) is 10.3 Å². The van der Waals surface area contributed by atoms with E-state index >= 15 is 0 Å². The van der Waals surface area contributed by atoms with Crippen LogP contribution in [0.4, 0.5) is 0 Å². The molecule has 7 heteroatoms. The van der Waals surface area contributed by atoms with Crippen LogP contribution in [0.2, 0.25) is 5.02 Å². The SMILES string of the molecule is CCC(CNC(=O)c1csc(CN)n1)Oc1ccccc1Cl. The minimum atomic E-state index is -0.225. The lowest BCUT2D eigenvalue weighted by Crippen LogP contribution is -2.35. The smallest absolute Gasteiger partial charge is 0.270 e. The van der Waals surface area contributed by atoms with E-state index in [1.165, 1.54) is 11.3 Å². The molecule has 2 rings (SSSR count). The van der Waals surface area contributed by atoms with Gasteiger partial charge in [-0.1, -0.05) is 30.7 Å². The molecule has 0 fully saturated rings. The third-order valence-corrected chi connectivity index (χ3v) is 4.22. The first-order valence-electron chi connectivity index (χ1n) is 6.97. The lowest BCUT2D eigenvalue weighted by atomic mass is 10.2. The van der Waals surface area contributed by atoms with E-state index in [-0.39, 0.29) is 12.0 Å². The van der Waals surface area contributed by atoms with Crippen LogP contribution >= 0.6 is 22.9 Å². The Morgan fingerprint density at radius 2 is 2.27 bits per heavy atom. The van der Waals surface area contributed by atoms with E-state index in [9.17, 15) is 4.79 Å². The number of hydrogen-bond donors (Lipinski definition) is 2. The Morgan fingerprint density at radius 3 is 2.91 bits per heavy atom. The van der Waals surface area contributed by atoms with Crippen LogP contribution in [0, 0.1) is 0 Å². The summed E-state index contributed by atoms with van der Waals surface area (Å²) in [5.74, 6) is 0.390. The highest BCUT2D eigenvalue weighted by Crippen LogP contribution is 2.24. The summed E-state index contributed by atoms with van der Waals surface area (Å²) in [7, 11) is 0. The fourth-order valence-corrected chi connectivity index (χ4v) is 2.63. The van der Waals surface area contributed by atoms with Crippen molar-refractivity contribution < 1.29 is 9.53 Å². The average molecular weight is 340 g/mol.